The summed E-state index contributed by atoms with van der Waals surface area (Å²) in [4.78, 5) is 37.2. The number of rotatable bonds is 4. The van der Waals surface area contributed by atoms with Crippen LogP contribution in [0.1, 0.15) is 26.7 Å². The Labute approximate surface area is 94.7 Å². The van der Waals surface area contributed by atoms with Gasteiger partial charge in [0, 0.05) is 12.6 Å². The van der Waals surface area contributed by atoms with E-state index in [-0.39, 0.29) is 19.0 Å². The minimum absolute atomic E-state index is 0.151. The number of amides is 4. The van der Waals surface area contributed by atoms with Gasteiger partial charge in [-0.2, -0.15) is 0 Å². The van der Waals surface area contributed by atoms with E-state index in [9.17, 15) is 14.4 Å². The summed E-state index contributed by atoms with van der Waals surface area (Å²) in [6.07, 6.45) is 1.91. The molecule has 1 rings (SSSR count). The molecule has 16 heavy (non-hydrogen) atoms. The minimum atomic E-state index is -0.532. The maximum atomic E-state index is 11.9. The maximum Gasteiger partial charge on any atom is 0.333 e. The lowest BCUT2D eigenvalue weighted by molar-refractivity contribution is -0.143. The highest BCUT2D eigenvalue weighted by Gasteiger charge is 2.39. The summed E-state index contributed by atoms with van der Waals surface area (Å²) in [5.41, 5.74) is 0. The molecule has 1 fully saturated rings. The van der Waals surface area contributed by atoms with Crippen LogP contribution in [0, 0.1) is 0 Å². The topological polar surface area (TPSA) is 57.7 Å². The van der Waals surface area contributed by atoms with Gasteiger partial charge in [-0.05, 0) is 13.3 Å². The smallest absolute Gasteiger partial charge is 0.274 e. The highest BCUT2D eigenvalue weighted by molar-refractivity contribution is 6.14. The van der Waals surface area contributed by atoms with E-state index in [0.29, 0.717) is 6.42 Å². The molecule has 0 aromatic heterocycles. The highest BCUT2D eigenvalue weighted by atomic mass is 16.2. The Bertz CT molecular complexity index is 338. The first-order valence-corrected chi connectivity index (χ1v) is 5.30. The van der Waals surface area contributed by atoms with Gasteiger partial charge >= 0.3 is 6.03 Å². The second kappa shape index (κ2) is 4.92. The van der Waals surface area contributed by atoms with Crippen molar-refractivity contribution < 1.29 is 14.4 Å². The number of carbonyl (C=O) groups excluding carboxylic acids is 3. The minimum Gasteiger partial charge on any atom is -0.274 e. The van der Waals surface area contributed by atoms with Crippen molar-refractivity contribution >= 4 is 17.8 Å². The summed E-state index contributed by atoms with van der Waals surface area (Å²) < 4.78 is 0. The van der Waals surface area contributed by atoms with Gasteiger partial charge in [-0.15, -0.1) is 6.58 Å². The predicted octanol–water partition coefficient (Wildman–Crippen LogP) is 1.15. The SMILES string of the molecule is C=CCN1C(=O)CC(=O)N(C(C)CC)C1=O. The molecular formula is C11H16N2O3. The lowest BCUT2D eigenvalue weighted by Crippen LogP contribution is -2.57. The van der Waals surface area contributed by atoms with Crippen LogP contribution in [0.25, 0.3) is 0 Å². The largest absolute Gasteiger partial charge is 0.333 e. The van der Waals surface area contributed by atoms with Crippen molar-refractivity contribution in [1.29, 1.82) is 0 Å². The molecule has 1 saturated heterocycles. The van der Waals surface area contributed by atoms with Crippen molar-refractivity contribution in [1.82, 2.24) is 9.80 Å². The second-order valence-corrected chi connectivity index (χ2v) is 3.77. The second-order valence-electron chi connectivity index (χ2n) is 3.77. The van der Waals surface area contributed by atoms with E-state index in [2.05, 4.69) is 6.58 Å². The van der Waals surface area contributed by atoms with E-state index in [1.54, 1.807) is 6.92 Å². The first-order valence-electron chi connectivity index (χ1n) is 5.30. The molecule has 1 unspecified atom stereocenters. The molecule has 0 radical (unpaired) electrons. The van der Waals surface area contributed by atoms with Crippen LogP contribution in [0.4, 0.5) is 4.79 Å². The molecule has 88 valence electrons. The number of imide groups is 2. The summed E-state index contributed by atoms with van der Waals surface area (Å²) in [6, 6.07) is -0.712. The normalized spacial score (nSPS) is 19.0. The zero-order chi connectivity index (χ0) is 12.3. The van der Waals surface area contributed by atoms with Crippen molar-refractivity contribution in [3.8, 4) is 0 Å². The number of barbiturate groups is 1. The fourth-order valence-electron chi connectivity index (χ4n) is 1.58. The van der Waals surface area contributed by atoms with Crippen LogP contribution in [-0.2, 0) is 9.59 Å². The lowest BCUT2D eigenvalue weighted by Gasteiger charge is -2.35. The number of carbonyl (C=O) groups is 3. The van der Waals surface area contributed by atoms with Gasteiger partial charge in [-0.25, -0.2) is 4.79 Å². The molecule has 5 nitrogen and oxygen atoms in total. The quantitative estimate of drug-likeness (QED) is 0.531. The van der Waals surface area contributed by atoms with Crippen LogP contribution < -0.4 is 0 Å². The van der Waals surface area contributed by atoms with Gasteiger partial charge in [0.25, 0.3) is 0 Å². The number of hydrogen-bond donors (Lipinski definition) is 0. The van der Waals surface area contributed by atoms with Crippen LogP contribution in [-0.4, -0.2) is 40.2 Å². The maximum absolute atomic E-state index is 11.9. The van der Waals surface area contributed by atoms with Crippen LogP contribution in [0.3, 0.4) is 0 Å². The van der Waals surface area contributed by atoms with Crippen LogP contribution in [0.2, 0.25) is 0 Å². The lowest BCUT2D eigenvalue weighted by atomic mass is 10.1. The van der Waals surface area contributed by atoms with Gasteiger partial charge < -0.3 is 0 Å². The molecule has 1 aliphatic rings. The summed E-state index contributed by atoms with van der Waals surface area (Å²) in [5.74, 6) is -0.862. The summed E-state index contributed by atoms with van der Waals surface area (Å²) in [7, 11) is 0. The van der Waals surface area contributed by atoms with Gasteiger partial charge in [-0.1, -0.05) is 13.0 Å². The molecular weight excluding hydrogens is 208 g/mol. The Balaban J connectivity index is 2.93. The van der Waals surface area contributed by atoms with Gasteiger partial charge in [0.15, 0.2) is 0 Å². The van der Waals surface area contributed by atoms with E-state index < -0.39 is 17.8 Å². The molecule has 0 aliphatic carbocycles. The molecule has 0 aromatic carbocycles. The van der Waals surface area contributed by atoms with E-state index in [1.807, 2.05) is 6.92 Å². The fourth-order valence-corrected chi connectivity index (χ4v) is 1.58. The van der Waals surface area contributed by atoms with Crippen molar-refractivity contribution in [3.05, 3.63) is 12.7 Å². The third kappa shape index (κ3) is 2.13. The Hall–Kier alpha value is -1.65. The first-order chi connectivity index (χ1) is 7.52. The number of nitrogens with zero attached hydrogens (tertiary/aromatic N) is 2. The Kier molecular flexibility index (Phi) is 3.82. The molecule has 0 bridgehead atoms. The molecule has 5 heteroatoms. The van der Waals surface area contributed by atoms with Crippen LogP contribution in [0.5, 0.6) is 0 Å². The van der Waals surface area contributed by atoms with Crippen molar-refractivity contribution in [2.75, 3.05) is 6.54 Å². The Morgan fingerprint density at radius 2 is 2.00 bits per heavy atom. The number of urea groups is 1. The average molecular weight is 224 g/mol. The average Bonchev–Trinajstić information content (AvgIpc) is 2.23. The first kappa shape index (κ1) is 12.4. The van der Waals surface area contributed by atoms with E-state index in [4.69, 9.17) is 0 Å². The predicted molar refractivity (Wildman–Crippen MR) is 58.5 cm³/mol. The zero-order valence-corrected chi connectivity index (χ0v) is 9.60. The van der Waals surface area contributed by atoms with Crippen LogP contribution in [0.15, 0.2) is 12.7 Å². The van der Waals surface area contributed by atoms with Gasteiger partial charge in [0.05, 0.1) is 0 Å². The highest BCUT2D eigenvalue weighted by Crippen LogP contribution is 2.16. The zero-order valence-electron chi connectivity index (χ0n) is 9.60. The monoisotopic (exact) mass is 224 g/mol. The molecule has 0 saturated carbocycles. The van der Waals surface area contributed by atoms with Crippen molar-refractivity contribution in [2.24, 2.45) is 0 Å². The van der Waals surface area contributed by atoms with Crippen molar-refractivity contribution in [3.63, 3.8) is 0 Å². The van der Waals surface area contributed by atoms with Crippen LogP contribution >= 0.6 is 0 Å². The molecule has 1 heterocycles. The molecule has 1 aliphatic heterocycles. The van der Waals surface area contributed by atoms with Gasteiger partial charge in [-0.3, -0.25) is 19.4 Å². The fraction of sp³-hybridized carbons (Fsp3) is 0.545. The van der Waals surface area contributed by atoms with Gasteiger partial charge in [0.1, 0.15) is 6.42 Å². The Morgan fingerprint density at radius 3 is 2.50 bits per heavy atom. The molecule has 1 atom stereocenters. The summed E-state index contributed by atoms with van der Waals surface area (Å²) in [6.45, 7) is 7.31. The molecule has 4 amide bonds. The number of hydrogen-bond acceptors (Lipinski definition) is 3. The summed E-state index contributed by atoms with van der Waals surface area (Å²) >= 11 is 0. The van der Waals surface area contributed by atoms with E-state index in [0.717, 1.165) is 9.80 Å². The molecule has 0 aromatic rings. The standard InChI is InChI=1S/C11H16N2O3/c1-4-6-12-9(14)7-10(15)13(11(12)16)8(3)5-2/h4,8H,1,5-7H2,2-3H3. The summed E-state index contributed by atoms with van der Waals surface area (Å²) in [5, 5.41) is 0. The van der Waals surface area contributed by atoms with E-state index >= 15 is 0 Å². The molecule has 0 spiro atoms. The molecule has 0 N–H and O–H groups in total. The van der Waals surface area contributed by atoms with Crippen molar-refractivity contribution in [2.45, 2.75) is 32.7 Å². The third-order valence-electron chi connectivity index (χ3n) is 2.65. The third-order valence-corrected chi connectivity index (χ3v) is 2.65. The van der Waals surface area contributed by atoms with Gasteiger partial charge in [0.2, 0.25) is 11.8 Å². The Morgan fingerprint density at radius 1 is 1.38 bits per heavy atom. The van der Waals surface area contributed by atoms with E-state index in [1.165, 1.54) is 6.08 Å².